The third-order valence-corrected chi connectivity index (χ3v) is 2.28. The van der Waals surface area contributed by atoms with Crippen LogP contribution in [0.1, 0.15) is 22.0 Å². The number of aryl methyl sites for hydroxylation is 2. The van der Waals surface area contributed by atoms with E-state index in [0.717, 1.165) is 0 Å². The topological polar surface area (TPSA) is 113 Å². The molecule has 0 saturated carbocycles. The molecule has 0 bridgehead atoms. The van der Waals surface area contributed by atoms with Gasteiger partial charge in [0.15, 0.2) is 5.82 Å². The van der Waals surface area contributed by atoms with Gasteiger partial charge in [-0.25, -0.2) is 9.97 Å². The van der Waals surface area contributed by atoms with Gasteiger partial charge in [0.1, 0.15) is 11.6 Å². The van der Waals surface area contributed by atoms with Crippen LogP contribution in [0, 0.1) is 13.8 Å². The molecule has 0 aliphatic heterocycles. The number of nitrogen functional groups attached to an aromatic ring is 1. The van der Waals surface area contributed by atoms with Gasteiger partial charge in [-0.3, -0.25) is 4.79 Å². The van der Waals surface area contributed by atoms with Crippen molar-refractivity contribution in [3.05, 3.63) is 29.5 Å². The first kappa shape index (κ1) is 11.1. The molecule has 0 saturated heterocycles. The number of anilines is 1. The van der Waals surface area contributed by atoms with E-state index in [4.69, 9.17) is 11.5 Å². The molecule has 0 aliphatic carbocycles. The number of carbonyl (C=O) groups is 1. The zero-order chi connectivity index (χ0) is 12.6. The first-order valence-electron chi connectivity index (χ1n) is 4.95. The van der Waals surface area contributed by atoms with E-state index in [2.05, 4.69) is 15.1 Å². The van der Waals surface area contributed by atoms with E-state index in [1.165, 1.54) is 16.9 Å². The second-order valence-electron chi connectivity index (χ2n) is 3.61. The Balaban J connectivity index is 2.57. The SMILES string of the molecule is Cc1nc(C)n(-c2cc(C(N)=O)c(N)cn2)n1. The number of nitrogens with zero attached hydrogens (tertiary/aromatic N) is 4. The Labute approximate surface area is 97.5 Å². The molecule has 1 amide bonds. The summed E-state index contributed by atoms with van der Waals surface area (Å²) in [6.07, 6.45) is 1.38. The third kappa shape index (κ3) is 1.94. The van der Waals surface area contributed by atoms with Crippen LogP contribution in [-0.2, 0) is 0 Å². The van der Waals surface area contributed by atoms with Gasteiger partial charge >= 0.3 is 0 Å². The van der Waals surface area contributed by atoms with Crippen molar-refractivity contribution in [3.63, 3.8) is 0 Å². The molecule has 17 heavy (non-hydrogen) atoms. The molecule has 7 nitrogen and oxygen atoms in total. The molecule has 2 heterocycles. The van der Waals surface area contributed by atoms with Gasteiger partial charge in [0.05, 0.1) is 17.4 Å². The fraction of sp³-hybridized carbons (Fsp3) is 0.200. The molecule has 7 heteroatoms. The van der Waals surface area contributed by atoms with Crippen LogP contribution in [0.25, 0.3) is 5.82 Å². The molecule has 0 aliphatic rings. The van der Waals surface area contributed by atoms with Crippen LogP contribution < -0.4 is 11.5 Å². The molecule has 2 aromatic rings. The number of rotatable bonds is 2. The van der Waals surface area contributed by atoms with Crippen LogP contribution >= 0.6 is 0 Å². The zero-order valence-electron chi connectivity index (χ0n) is 9.51. The Morgan fingerprint density at radius 1 is 1.41 bits per heavy atom. The molecule has 2 rings (SSSR count). The minimum Gasteiger partial charge on any atom is -0.397 e. The molecule has 0 atom stereocenters. The van der Waals surface area contributed by atoms with E-state index in [-0.39, 0.29) is 11.3 Å². The smallest absolute Gasteiger partial charge is 0.250 e. The molecule has 4 N–H and O–H groups in total. The van der Waals surface area contributed by atoms with Crippen molar-refractivity contribution in [2.45, 2.75) is 13.8 Å². The van der Waals surface area contributed by atoms with Gasteiger partial charge in [0.2, 0.25) is 0 Å². The highest BCUT2D eigenvalue weighted by atomic mass is 16.1. The van der Waals surface area contributed by atoms with Crippen molar-refractivity contribution in [3.8, 4) is 5.82 Å². The number of hydrogen-bond acceptors (Lipinski definition) is 5. The minimum atomic E-state index is -0.597. The largest absolute Gasteiger partial charge is 0.397 e. The number of pyridine rings is 1. The summed E-state index contributed by atoms with van der Waals surface area (Å²) in [5, 5.41) is 4.16. The number of primary amides is 1. The lowest BCUT2D eigenvalue weighted by molar-refractivity contribution is 0.100. The second-order valence-corrected chi connectivity index (χ2v) is 3.61. The van der Waals surface area contributed by atoms with Crippen molar-refractivity contribution in [1.82, 2.24) is 19.7 Å². The normalized spacial score (nSPS) is 10.5. The Morgan fingerprint density at radius 3 is 2.65 bits per heavy atom. The number of nitrogens with two attached hydrogens (primary N) is 2. The van der Waals surface area contributed by atoms with Crippen molar-refractivity contribution < 1.29 is 4.79 Å². The van der Waals surface area contributed by atoms with Crippen LogP contribution in [0.5, 0.6) is 0 Å². The summed E-state index contributed by atoms with van der Waals surface area (Å²) >= 11 is 0. The lowest BCUT2D eigenvalue weighted by Crippen LogP contribution is -2.15. The van der Waals surface area contributed by atoms with Gasteiger partial charge in [0, 0.05) is 0 Å². The molecule has 0 spiro atoms. The highest BCUT2D eigenvalue weighted by molar-refractivity contribution is 5.98. The molecule has 0 radical (unpaired) electrons. The zero-order valence-corrected chi connectivity index (χ0v) is 9.51. The maximum Gasteiger partial charge on any atom is 0.250 e. The van der Waals surface area contributed by atoms with Gasteiger partial charge < -0.3 is 11.5 Å². The van der Waals surface area contributed by atoms with Crippen LogP contribution in [0.4, 0.5) is 5.69 Å². The third-order valence-electron chi connectivity index (χ3n) is 2.28. The van der Waals surface area contributed by atoms with E-state index < -0.39 is 5.91 Å². The van der Waals surface area contributed by atoms with Crippen LogP contribution in [0.2, 0.25) is 0 Å². The molecular formula is C10H12N6O. The Bertz CT molecular complexity index is 588. The lowest BCUT2D eigenvalue weighted by Gasteiger charge is -2.05. The average molecular weight is 232 g/mol. The number of amides is 1. The summed E-state index contributed by atoms with van der Waals surface area (Å²) < 4.78 is 1.53. The van der Waals surface area contributed by atoms with E-state index in [1.807, 2.05) is 0 Å². The van der Waals surface area contributed by atoms with Crippen molar-refractivity contribution in [1.29, 1.82) is 0 Å². The van der Waals surface area contributed by atoms with Crippen LogP contribution in [0.15, 0.2) is 12.3 Å². The second kappa shape index (κ2) is 3.85. The monoisotopic (exact) mass is 232 g/mol. The van der Waals surface area contributed by atoms with E-state index in [0.29, 0.717) is 17.5 Å². The molecule has 0 unspecified atom stereocenters. The quantitative estimate of drug-likeness (QED) is 0.754. The van der Waals surface area contributed by atoms with Crippen molar-refractivity contribution in [2.75, 3.05) is 5.73 Å². The van der Waals surface area contributed by atoms with Crippen molar-refractivity contribution >= 4 is 11.6 Å². The minimum absolute atomic E-state index is 0.225. The number of aromatic nitrogens is 4. The molecular weight excluding hydrogens is 220 g/mol. The first-order chi connectivity index (χ1) is 7.99. The van der Waals surface area contributed by atoms with Crippen LogP contribution in [0.3, 0.4) is 0 Å². The van der Waals surface area contributed by atoms with Gasteiger partial charge in [-0.05, 0) is 19.9 Å². The summed E-state index contributed by atoms with van der Waals surface area (Å²) in [5.74, 6) is 1.17. The first-order valence-corrected chi connectivity index (χ1v) is 4.95. The van der Waals surface area contributed by atoms with Crippen LogP contribution in [-0.4, -0.2) is 25.7 Å². The van der Waals surface area contributed by atoms with E-state index in [9.17, 15) is 4.79 Å². The fourth-order valence-corrected chi connectivity index (χ4v) is 1.52. The average Bonchev–Trinajstić information content (AvgIpc) is 2.58. The number of carbonyl (C=O) groups excluding carboxylic acids is 1. The predicted molar refractivity (Wildman–Crippen MR) is 61.6 cm³/mol. The maximum absolute atomic E-state index is 11.2. The number of hydrogen-bond donors (Lipinski definition) is 2. The maximum atomic E-state index is 11.2. The van der Waals surface area contributed by atoms with Gasteiger partial charge in [-0.1, -0.05) is 0 Å². The molecule has 88 valence electrons. The lowest BCUT2D eigenvalue weighted by atomic mass is 10.2. The summed E-state index contributed by atoms with van der Waals surface area (Å²) in [6, 6.07) is 1.50. The van der Waals surface area contributed by atoms with Gasteiger partial charge in [-0.15, -0.1) is 5.10 Å². The Hall–Kier alpha value is -2.44. The Kier molecular flexibility index (Phi) is 2.51. The summed E-state index contributed by atoms with van der Waals surface area (Å²) in [7, 11) is 0. The predicted octanol–water partition coefficient (Wildman–Crippen LogP) is -0.0398. The summed E-state index contributed by atoms with van der Waals surface area (Å²) in [4.78, 5) is 19.4. The van der Waals surface area contributed by atoms with E-state index in [1.54, 1.807) is 13.8 Å². The molecule has 2 aromatic heterocycles. The summed E-state index contributed by atoms with van der Waals surface area (Å²) in [5.41, 5.74) is 11.3. The Morgan fingerprint density at radius 2 is 2.12 bits per heavy atom. The highest BCUT2D eigenvalue weighted by Crippen LogP contribution is 2.14. The van der Waals surface area contributed by atoms with Gasteiger partial charge in [-0.2, -0.15) is 4.68 Å². The highest BCUT2D eigenvalue weighted by Gasteiger charge is 2.11. The van der Waals surface area contributed by atoms with Crippen molar-refractivity contribution in [2.24, 2.45) is 5.73 Å². The van der Waals surface area contributed by atoms with E-state index >= 15 is 0 Å². The molecule has 0 fully saturated rings. The standard InChI is InChI=1S/C10H12N6O/c1-5-14-6(2)16(15-5)9-3-7(10(12)17)8(11)4-13-9/h3-4H,11H2,1-2H3,(H2,12,17). The fourth-order valence-electron chi connectivity index (χ4n) is 1.52. The molecule has 0 aromatic carbocycles. The van der Waals surface area contributed by atoms with Gasteiger partial charge in [0.25, 0.3) is 5.91 Å². The summed E-state index contributed by atoms with van der Waals surface area (Å²) in [6.45, 7) is 3.57.